The molecule has 0 aromatic heterocycles. The minimum absolute atomic E-state index is 0.109. The summed E-state index contributed by atoms with van der Waals surface area (Å²) in [6.07, 6.45) is 0. The molecule has 2 N–H and O–H groups in total. The molecule has 66 valence electrons. The highest BCUT2D eigenvalue weighted by Gasteiger charge is 2.12. The van der Waals surface area contributed by atoms with Gasteiger partial charge < -0.3 is 5.21 Å². The van der Waals surface area contributed by atoms with Gasteiger partial charge in [-0.25, -0.2) is 8.78 Å². The first kappa shape index (κ1) is 9.09. The van der Waals surface area contributed by atoms with E-state index in [-0.39, 0.29) is 5.56 Å². The summed E-state index contributed by atoms with van der Waals surface area (Å²) < 4.78 is 25.5. The zero-order valence-corrected chi connectivity index (χ0v) is 6.51. The van der Waals surface area contributed by atoms with Gasteiger partial charge in [-0.2, -0.15) is 5.48 Å². The molecular weight excluding hydrogens is 164 g/mol. The average Bonchev–Trinajstić information content (AvgIpc) is 2.08. The minimum atomic E-state index is -0.924. The molecule has 1 unspecified atom stereocenters. The normalized spacial score (nSPS) is 13.0. The molecular formula is C8H9F2NO. The molecule has 0 saturated heterocycles. The smallest absolute Gasteiger partial charge is 0.163 e. The maximum atomic E-state index is 12.9. The molecule has 0 amide bonds. The number of rotatable bonds is 2. The summed E-state index contributed by atoms with van der Waals surface area (Å²) in [6, 6.07) is 3.22. The second-order valence-electron chi connectivity index (χ2n) is 2.49. The fourth-order valence-corrected chi connectivity index (χ4v) is 0.924. The van der Waals surface area contributed by atoms with Gasteiger partial charge in [0.1, 0.15) is 0 Å². The van der Waals surface area contributed by atoms with Crippen LogP contribution in [0, 0.1) is 11.6 Å². The van der Waals surface area contributed by atoms with Gasteiger partial charge in [-0.3, -0.25) is 0 Å². The number of nitrogens with one attached hydrogen (secondary N) is 1. The van der Waals surface area contributed by atoms with Crippen molar-refractivity contribution >= 4 is 0 Å². The monoisotopic (exact) mass is 173 g/mol. The van der Waals surface area contributed by atoms with Crippen LogP contribution in [0.15, 0.2) is 18.2 Å². The lowest BCUT2D eigenvalue weighted by Crippen LogP contribution is -2.15. The first-order valence-electron chi connectivity index (χ1n) is 3.50. The molecule has 1 atom stereocenters. The van der Waals surface area contributed by atoms with E-state index in [1.807, 2.05) is 5.48 Å². The van der Waals surface area contributed by atoms with Crippen LogP contribution >= 0.6 is 0 Å². The van der Waals surface area contributed by atoms with Crippen molar-refractivity contribution in [2.24, 2.45) is 0 Å². The Hall–Kier alpha value is -1.00. The molecule has 0 radical (unpaired) electrons. The van der Waals surface area contributed by atoms with E-state index in [1.54, 1.807) is 0 Å². The molecule has 0 spiro atoms. The van der Waals surface area contributed by atoms with Crippen molar-refractivity contribution in [3.8, 4) is 0 Å². The maximum absolute atomic E-state index is 12.9. The highest BCUT2D eigenvalue weighted by Crippen LogP contribution is 2.17. The molecule has 4 heteroatoms. The quantitative estimate of drug-likeness (QED) is 0.670. The van der Waals surface area contributed by atoms with Crippen LogP contribution in [0.25, 0.3) is 0 Å². The molecule has 0 saturated carbocycles. The Labute approximate surface area is 68.8 Å². The van der Waals surface area contributed by atoms with Gasteiger partial charge in [-0.1, -0.05) is 12.1 Å². The molecule has 1 aromatic carbocycles. The van der Waals surface area contributed by atoms with E-state index in [0.29, 0.717) is 0 Å². The SMILES string of the molecule is CC(NO)c1cccc(F)c1F. The lowest BCUT2D eigenvalue weighted by atomic mass is 10.1. The molecule has 12 heavy (non-hydrogen) atoms. The van der Waals surface area contributed by atoms with Crippen LogP contribution in [0.5, 0.6) is 0 Å². The van der Waals surface area contributed by atoms with Crippen molar-refractivity contribution in [1.29, 1.82) is 0 Å². The zero-order chi connectivity index (χ0) is 9.14. The lowest BCUT2D eigenvalue weighted by Gasteiger charge is -2.09. The van der Waals surface area contributed by atoms with Crippen molar-refractivity contribution in [2.75, 3.05) is 0 Å². The highest BCUT2D eigenvalue weighted by molar-refractivity contribution is 5.21. The Balaban J connectivity index is 3.07. The highest BCUT2D eigenvalue weighted by atomic mass is 19.2. The Morgan fingerprint density at radius 2 is 2.08 bits per heavy atom. The predicted octanol–water partition coefficient (Wildman–Crippen LogP) is 2.00. The molecule has 0 aliphatic heterocycles. The Bertz CT molecular complexity index is 278. The molecule has 2 nitrogen and oxygen atoms in total. The fraction of sp³-hybridized carbons (Fsp3) is 0.250. The summed E-state index contributed by atoms with van der Waals surface area (Å²) in [5, 5.41) is 8.46. The van der Waals surface area contributed by atoms with E-state index in [0.717, 1.165) is 6.07 Å². The van der Waals surface area contributed by atoms with Crippen LogP contribution in [0.4, 0.5) is 8.78 Å². The van der Waals surface area contributed by atoms with E-state index in [9.17, 15) is 8.78 Å². The van der Waals surface area contributed by atoms with Crippen LogP contribution in [0.1, 0.15) is 18.5 Å². The second kappa shape index (κ2) is 3.60. The van der Waals surface area contributed by atoms with E-state index in [4.69, 9.17) is 5.21 Å². The van der Waals surface area contributed by atoms with E-state index < -0.39 is 17.7 Å². The van der Waals surface area contributed by atoms with Crippen molar-refractivity contribution in [3.63, 3.8) is 0 Å². The summed E-state index contributed by atoms with van der Waals surface area (Å²) in [5.41, 5.74) is 1.95. The third kappa shape index (κ3) is 1.60. The van der Waals surface area contributed by atoms with Crippen LogP contribution < -0.4 is 5.48 Å². The van der Waals surface area contributed by atoms with Crippen molar-refractivity contribution < 1.29 is 14.0 Å². The van der Waals surface area contributed by atoms with E-state index in [2.05, 4.69) is 0 Å². The third-order valence-electron chi connectivity index (χ3n) is 1.64. The molecule has 1 rings (SSSR count). The third-order valence-corrected chi connectivity index (χ3v) is 1.64. The van der Waals surface area contributed by atoms with Crippen LogP contribution in [-0.4, -0.2) is 5.21 Å². The van der Waals surface area contributed by atoms with Gasteiger partial charge in [0.2, 0.25) is 0 Å². The van der Waals surface area contributed by atoms with Gasteiger partial charge in [-0.15, -0.1) is 0 Å². The largest absolute Gasteiger partial charge is 0.316 e. The summed E-state index contributed by atoms with van der Waals surface area (Å²) in [4.78, 5) is 0. The molecule has 0 bridgehead atoms. The number of hydrogen-bond acceptors (Lipinski definition) is 2. The van der Waals surface area contributed by atoms with Crippen LogP contribution in [-0.2, 0) is 0 Å². The Morgan fingerprint density at radius 1 is 1.42 bits per heavy atom. The lowest BCUT2D eigenvalue weighted by molar-refractivity contribution is 0.131. The van der Waals surface area contributed by atoms with Gasteiger partial charge in [0.25, 0.3) is 0 Å². The Morgan fingerprint density at radius 3 is 2.67 bits per heavy atom. The molecule has 0 heterocycles. The van der Waals surface area contributed by atoms with Gasteiger partial charge in [0.05, 0.1) is 6.04 Å². The predicted molar refractivity (Wildman–Crippen MR) is 39.7 cm³/mol. The van der Waals surface area contributed by atoms with Gasteiger partial charge in [0, 0.05) is 5.56 Å². The fourth-order valence-electron chi connectivity index (χ4n) is 0.924. The molecule has 0 aliphatic rings. The van der Waals surface area contributed by atoms with Gasteiger partial charge >= 0.3 is 0 Å². The number of benzene rings is 1. The molecule has 1 aromatic rings. The number of halogens is 2. The topological polar surface area (TPSA) is 32.3 Å². The summed E-state index contributed by atoms with van der Waals surface area (Å²) in [6.45, 7) is 1.53. The Kier molecular flexibility index (Phi) is 2.73. The molecule has 0 fully saturated rings. The summed E-state index contributed by atoms with van der Waals surface area (Å²) in [5.74, 6) is -1.83. The average molecular weight is 173 g/mol. The maximum Gasteiger partial charge on any atom is 0.163 e. The van der Waals surface area contributed by atoms with Crippen molar-refractivity contribution in [1.82, 2.24) is 5.48 Å². The zero-order valence-electron chi connectivity index (χ0n) is 6.51. The van der Waals surface area contributed by atoms with Gasteiger partial charge in [-0.05, 0) is 13.0 Å². The summed E-state index contributed by atoms with van der Waals surface area (Å²) >= 11 is 0. The molecule has 0 aliphatic carbocycles. The summed E-state index contributed by atoms with van der Waals surface area (Å²) in [7, 11) is 0. The first-order chi connectivity index (χ1) is 5.66. The minimum Gasteiger partial charge on any atom is -0.316 e. The standard InChI is InChI=1S/C8H9F2NO/c1-5(11-12)6-3-2-4-7(9)8(6)10/h2-5,11-12H,1H3. The van der Waals surface area contributed by atoms with E-state index in [1.165, 1.54) is 19.1 Å². The van der Waals surface area contributed by atoms with Gasteiger partial charge in [0.15, 0.2) is 11.6 Å². The van der Waals surface area contributed by atoms with Crippen LogP contribution in [0.3, 0.4) is 0 Å². The number of hydrogen-bond donors (Lipinski definition) is 2. The second-order valence-corrected chi connectivity index (χ2v) is 2.49. The van der Waals surface area contributed by atoms with Crippen molar-refractivity contribution in [2.45, 2.75) is 13.0 Å². The van der Waals surface area contributed by atoms with Crippen molar-refractivity contribution in [3.05, 3.63) is 35.4 Å². The van der Waals surface area contributed by atoms with Crippen LogP contribution in [0.2, 0.25) is 0 Å². The van der Waals surface area contributed by atoms with E-state index >= 15 is 0 Å². The first-order valence-corrected chi connectivity index (χ1v) is 3.50. The number of hydroxylamine groups is 1.